The van der Waals surface area contributed by atoms with Gasteiger partial charge >= 0.3 is 0 Å². The second-order valence-electron chi connectivity index (χ2n) is 9.11. The molecule has 1 aliphatic rings. The molecule has 3 aromatic rings. The van der Waals surface area contributed by atoms with Crippen LogP contribution < -0.4 is 10.2 Å². The average Bonchev–Trinajstić information content (AvgIpc) is 2.87. The van der Waals surface area contributed by atoms with Crippen LogP contribution in [0.2, 0.25) is 0 Å². The van der Waals surface area contributed by atoms with Gasteiger partial charge in [0, 0.05) is 57.1 Å². The fraction of sp³-hybridized carbons (Fsp3) is 0.407. The van der Waals surface area contributed by atoms with Crippen LogP contribution in [0, 0.1) is 5.92 Å². The zero-order valence-electron chi connectivity index (χ0n) is 19.6. The van der Waals surface area contributed by atoms with Gasteiger partial charge in [0.05, 0.1) is 5.69 Å². The normalized spacial score (nSPS) is 18.0. The lowest BCUT2D eigenvalue weighted by atomic mass is 9.79. The van der Waals surface area contributed by atoms with Crippen LogP contribution >= 0.6 is 0 Å². The van der Waals surface area contributed by atoms with Gasteiger partial charge in [-0.3, -0.25) is 9.78 Å². The number of rotatable bonds is 8. The summed E-state index contributed by atoms with van der Waals surface area (Å²) in [5, 5.41) is 3.16. The number of carbonyl (C=O) groups excluding carboxylic acids is 1. The lowest BCUT2D eigenvalue weighted by molar-refractivity contribution is -0.121. The molecule has 0 radical (unpaired) electrons. The maximum Gasteiger partial charge on any atom is 0.225 e. The van der Waals surface area contributed by atoms with Gasteiger partial charge in [-0.15, -0.1) is 0 Å². The zero-order chi connectivity index (χ0) is 23.0. The van der Waals surface area contributed by atoms with Crippen molar-refractivity contribution in [2.24, 2.45) is 5.92 Å². The minimum absolute atomic E-state index is 0.146. The van der Waals surface area contributed by atoms with Gasteiger partial charge in [0.1, 0.15) is 0 Å². The van der Waals surface area contributed by atoms with Crippen molar-refractivity contribution in [2.45, 2.75) is 44.4 Å². The second kappa shape index (κ2) is 11.0. The highest BCUT2D eigenvalue weighted by molar-refractivity contribution is 5.76. The molecule has 1 N–H and O–H groups in total. The highest BCUT2D eigenvalue weighted by Gasteiger charge is 2.26. The maximum atomic E-state index is 12.3. The Kier molecular flexibility index (Phi) is 7.66. The first kappa shape index (κ1) is 22.9. The number of aromatic nitrogens is 3. The van der Waals surface area contributed by atoms with Gasteiger partial charge in [-0.25, -0.2) is 9.97 Å². The molecule has 0 spiro atoms. The van der Waals surface area contributed by atoms with Crippen molar-refractivity contribution in [3.05, 3.63) is 72.3 Å². The lowest BCUT2D eigenvalue weighted by Crippen LogP contribution is -2.31. The van der Waals surface area contributed by atoms with Crippen molar-refractivity contribution >= 4 is 11.9 Å². The zero-order valence-corrected chi connectivity index (χ0v) is 19.6. The van der Waals surface area contributed by atoms with E-state index in [1.54, 1.807) is 0 Å². The van der Waals surface area contributed by atoms with Crippen molar-refractivity contribution in [1.29, 1.82) is 0 Å². The van der Waals surface area contributed by atoms with Crippen molar-refractivity contribution in [3.8, 4) is 11.1 Å². The fourth-order valence-corrected chi connectivity index (χ4v) is 4.55. The van der Waals surface area contributed by atoms with E-state index in [4.69, 9.17) is 4.98 Å². The summed E-state index contributed by atoms with van der Waals surface area (Å²) in [6, 6.07) is 14.2. The minimum atomic E-state index is 0.146. The monoisotopic (exact) mass is 443 g/mol. The molecule has 172 valence electrons. The number of carbonyl (C=O) groups is 1. The minimum Gasteiger partial charge on any atom is -0.356 e. The highest BCUT2D eigenvalue weighted by Crippen LogP contribution is 2.39. The first-order chi connectivity index (χ1) is 16.1. The molecule has 33 heavy (non-hydrogen) atoms. The quantitative estimate of drug-likeness (QED) is 0.550. The third kappa shape index (κ3) is 6.15. The SMILES string of the molecule is CN(C)c1ncc(-c2ccncc2)c(C2CCC(CNC(=O)CCc3ccccc3)CC2)n1. The van der Waals surface area contributed by atoms with E-state index >= 15 is 0 Å². The molecule has 1 fully saturated rings. The Hall–Kier alpha value is -3.28. The van der Waals surface area contributed by atoms with Crippen molar-refractivity contribution < 1.29 is 4.79 Å². The van der Waals surface area contributed by atoms with Crippen molar-refractivity contribution in [3.63, 3.8) is 0 Å². The molecule has 0 atom stereocenters. The highest BCUT2D eigenvalue weighted by atomic mass is 16.1. The predicted molar refractivity (Wildman–Crippen MR) is 132 cm³/mol. The molecule has 4 rings (SSSR count). The number of anilines is 1. The number of hydrogen-bond acceptors (Lipinski definition) is 5. The Morgan fingerprint density at radius 3 is 2.45 bits per heavy atom. The van der Waals surface area contributed by atoms with E-state index in [9.17, 15) is 4.79 Å². The summed E-state index contributed by atoms with van der Waals surface area (Å²) in [5.74, 6) is 1.82. The van der Waals surface area contributed by atoms with Gasteiger partial charge in [0.25, 0.3) is 0 Å². The van der Waals surface area contributed by atoms with Gasteiger partial charge in [0.2, 0.25) is 11.9 Å². The van der Waals surface area contributed by atoms with E-state index in [0.717, 1.165) is 61.4 Å². The van der Waals surface area contributed by atoms with E-state index in [2.05, 4.69) is 27.4 Å². The molecule has 1 saturated carbocycles. The van der Waals surface area contributed by atoms with Gasteiger partial charge < -0.3 is 10.2 Å². The average molecular weight is 444 g/mol. The summed E-state index contributed by atoms with van der Waals surface area (Å²) in [4.78, 5) is 27.9. The number of hydrogen-bond donors (Lipinski definition) is 1. The molecule has 0 aliphatic heterocycles. The van der Waals surface area contributed by atoms with Crippen LogP contribution in [0.15, 0.2) is 61.1 Å². The molecule has 6 nitrogen and oxygen atoms in total. The summed E-state index contributed by atoms with van der Waals surface area (Å²) >= 11 is 0. The third-order valence-electron chi connectivity index (χ3n) is 6.50. The van der Waals surface area contributed by atoms with E-state index in [1.165, 1.54) is 5.56 Å². The van der Waals surface area contributed by atoms with Gasteiger partial charge in [-0.05, 0) is 61.3 Å². The largest absolute Gasteiger partial charge is 0.356 e. The Morgan fingerprint density at radius 1 is 1.03 bits per heavy atom. The maximum absolute atomic E-state index is 12.3. The molecular weight excluding hydrogens is 410 g/mol. The van der Waals surface area contributed by atoms with E-state index < -0.39 is 0 Å². The summed E-state index contributed by atoms with van der Waals surface area (Å²) in [7, 11) is 3.95. The van der Waals surface area contributed by atoms with Crippen LogP contribution in [-0.4, -0.2) is 41.5 Å². The Balaban J connectivity index is 1.33. The third-order valence-corrected chi connectivity index (χ3v) is 6.50. The van der Waals surface area contributed by atoms with Gasteiger partial charge in [0.15, 0.2) is 0 Å². The number of pyridine rings is 1. The van der Waals surface area contributed by atoms with Crippen LogP contribution in [0.1, 0.15) is 49.3 Å². The molecule has 2 heterocycles. The smallest absolute Gasteiger partial charge is 0.225 e. The fourth-order valence-electron chi connectivity index (χ4n) is 4.55. The summed E-state index contributed by atoms with van der Waals surface area (Å²) in [5.41, 5.74) is 4.55. The summed E-state index contributed by atoms with van der Waals surface area (Å²) in [6.45, 7) is 0.768. The standard InChI is InChI=1S/C27H33N5O/c1-32(2)27-30-19-24(22-14-16-28-17-15-22)26(31-27)23-11-8-21(9-12-23)18-29-25(33)13-10-20-6-4-3-5-7-20/h3-7,14-17,19,21,23H,8-13,18H2,1-2H3,(H,29,33). The predicted octanol–water partition coefficient (Wildman–Crippen LogP) is 4.63. The van der Waals surface area contributed by atoms with Gasteiger partial charge in [-0.1, -0.05) is 30.3 Å². The number of benzene rings is 1. The molecule has 2 aromatic heterocycles. The molecule has 0 bridgehead atoms. The van der Waals surface area contributed by atoms with Crippen LogP contribution in [-0.2, 0) is 11.2 Å². The molecule has 0 unspecified atom stereocenters. The van der Waals surface area contributed by atoms with Crippen LogP contribution in [0.25, 0.3) is 11.1 Å². The Bertz CT molecular complexity index is 1030. The summed E-state index contributed by atoms with van der Waals surface area (Å²) in [6.07, 6.45) is 11.3. The lowest BCUT2D eigenvalue weighted by Gasteiger charge is -2.30. The molecule has 1 aromatic carbocycles. The van der Waals surface area contributed by atoms with Gasteiger partial charge in [-0.2, -0.15) is 0 Å². The number of aryl methyl sites for hydroxylation is 1. The Labute approximate surface area is 196 Å². The molecule has 0 saturated heterocycles. The molecular formula is C27H33N5O. The summed E-state index contributed by atoms with van der Waals surface area (Å²) < 4.78 is 0. The van der Waals surface area contributed by atoms with E-state index in [1.807, 2.05) is 67.9 Å². The second-order valence-corrected chi connectivity index (χ2v) is 9.11. The molecule has 1 aliphatic carbocycles. The van der Waals surface area contributed by atoms with E-state index in [-0.39, 0.29) is 5.91 Å². The van der Waals surface area contributed by atoms with Crippen LogP contribution in [0.3, 0.4) is 0 Å². The first-order valence-electron chi connectivity index (χ1n) is 11.9. The number of amides is 1. The van der Waals surface area contributed by atoms with Crippen molar-refractivity contribution in [1.82, 2.24) is 20.3 Å². The molecule has 6 heteroatoms. The first-order valence-corrected chi connectivity index (χ1v) is 11.9. The molecule has 1 amide bonds. The van der Waals surface area contributed by atoms with Crippen LogP contribution in [0.5, 0.6) is 0 Å². The topological polar surface area (TPSA) is 71.0 Å². The number of nitrogens with one attached hydrogen (secondary N) is 1. The van der Waals surface area contributed by atoms with E-state index in [0.29, 0.717) is 18.3 Å². The number of nitrogens with zero attached hydrogens (tertiary/aromatic N) is 4. The van der Waals surface area contributed by atoms with Crippen molar-refractivity contribution in [2.75, 3.05) is 25.5 Å². The van der Waals surface area contributed by atoms with Crippen LogP contribution in [0.4, 0.5) is 5.95 Å². The Morgan fingerprint density at radius 2 is 1.76 bits per heavy atom.